The molecule has 7 heavy (non-hydrogen) atoms. The molecule has 5 heteroatoms. The SMILES string of the molecule is NC(O)CS(=O)O. The highest BCUT2D eigenvalue weighted by molar-refractivity contribution is 7.79. The van der Waals surface area contributed by atoms with Crippen LogP contribution in [0.2, 0.25) is 0 Å². The van der Waals surface area contributed by atoms with E-state index < -0.39 is 17.3 Å². The first-order valence-electron chi connectivity index (χ1n) is 1.64. The van der Waals surface area contributed by atoms with Crippen LogP contribution < -0.4 is 5.73 Å². The molecule has 0 rings (SSSR count). The number of hydrogen-bond acceptors (Lipinski definition) is 3. The fraction of sp³-hybridized carbons (Fsp3) is 1.00. The maximum Gasteiger partial charge on any atom is 0.156 e. The van der Waals surface area contributed by atoms with Crippen LogP contribution in [-0.4, -0.2) is 25.8 Å². The van der Waals surface area contributed by atoms with E-state index >= 15 is 0 Å². The smallest absolute Gasteiger partial charge is 0.156 e. The van der Waals surface area contributed by atoms with Crippen molar-refractivity contribution in [1.29, 1.82) is 0 Å². The third kappa shape index (κ3) is 6.03. The zero-order chi connectivity index (χ0) is 5.86. The molecule has 0 aliphatic rings. The fourth-order valence-electron chi connectivity index (χ4n) is 0.146. The van der Waals surface area contributed by atoms with E-state index in [0.29, 0.717) is 0 Å². The summed E-state index contributed by atoms with van der Waals surface area (Å²) in [5.74, 6) is -0.278. The van der Waals surface area contributed by atoms with Gasteiger partial charge < -0.3 is 15.4 Å². The van der Waals surface area contributed by atoms with E-state index in [4.69, 9.17) is 15.4 Å². The van der Waals surface area contributed by atoms with Gasteiger partial charge in [-0.1, -0.05) is 0 Å². The van der Waals surface area contributed by atoms with Crippen LogP contribution in [0.25, 0.3) is 0 Å². The number of nitrogens with two attached hydrogens (primary N) is 1. The normalized spacial score (nSPS) is 18.7. The first-order chi connectivity index (χ1) is 3.13. The molecule has 0 aliphatic heterocycles. The van der Waals surface area contributed by atoms with E-state index in [-0.39, 0.29) is 5.75 Å². The standard InChI is InChI=1S/C2H7NO3S/c3-2(4)1-7(5)6/h2,4H,1,3H2,(H,5,6). The summed E-state index contributed by atoms with van der Waals surface area (Å²) in [5, 5.41) is 8.15. The second-order valence-electron chi connectivity index (χ2n) is 1.06. The van der Waals surface area contributed by atoms with Crippen molar-refractivity contribution >= 4 is 11.1 Å². The van der Waals surface area contributed by atoms with Gasteiger partial charge in [-0.25, -0.2) is 4.21 Å². The molecule has 0 aromatic carbocycles. The number of aliphatic hydroxyl groups is 1. The summed E-state index contributed by atoms with van der Waals surface area (Å²) in [6, 6.07) is 0. The Morgan fingerprint density at radius 2 is 2.29 bits per heavy atom. The molecule has 0 saturated heterocycles. The first-order valence-corrected chi connectivity index (χ1v) is 2.91. The van der Waals surface area contributed by atoms with Crippen molar-refractivity contribution in [2.75, 3.05) is 5.75 Å². The van der Waals surface area contributed by atoms with Crippen LogP contribution in [0.4, 0.5) is 0 Å². The van der Waals surface area contributed by atoms with Gasteiger partial charge in [-0.05, 0) is 0 Å². The minimum Gasteiger partial charge on any atom is -0.378 e. The van der Waals surface area contributed by atoms with E-state index in [1.54, 1.807) is 0 Å². The molecule has 0 heterocycles. The first kappa shape index (κ1) is 7.03. The molecule has 0 fully saturated rings. The highest BCUT2D eigenvalue weighted by atomic mass is 32.2. The highest BCUT2D eigenvalue weighted by Gasteiger charge is 1.97. The van der Waals surface area contributed by atoms with E-state index in [2.05, 4.69) is 0 Å². The van der Waals surface area contributed by atoms with Gasteiger partial charge in [0.25, 0.3) is 0 Å². The minimum atomic E-state index is -1.97. The van der Waals surface area contributed by atoms with Crippen LogP contribution in [0.15, 0.2) is 0 Å². The third-order valence-corrected chi connectivity index (χ3v) is 0.940. The maximum absolute atomic E-state index is 9.68. The molecule has 44 valence electrons. The quantitative estimate of drug-likeness (QED) is 0.309. The Balaban J connectivity index is 3.13. The Morgan fingerprint density at radius 1 is 1.86 bits per heavy atom. The second-order valence-corrected chi connectivity index (χ2v) is 2.03. The summed E-state index contributed by atoms with van der Waals surface area (Å²) in [7, 11) is 0. The predicted molar refractivity (Wildman–Crippen MR) is 25.8 cm³/mol. The van der Waals surface area contributed by atoms with E-state index in [1.165, 1.54) is 0 Å². The molecule has 2 atom stereocenters. The Morgan fingerprint density at radius 3 is 2.29 bits per heavy atom. The average molecular weight is 125 g/mol. The fourth-order valence-corrected chi connectivity index (χ4v) is 0.438. The van der Waals surface area contributed by atoms with Crippen LogP contribution in [-0.2, 0) is 11.1 Å². The van der Waals surface area contributed by atoms with Gasteiger partial charge >= 0.3 is 0 Å². The minimum absolute atomic E-state index is 0.278. The zero-order valence-corrected chi connectivity index (χ0v) is 4.39. The van der Waals surface area contributed by atoms with Gasteiger partial charge in [-0.3, -0.25) is 0 Å². The molecule has 0 bridgehead atoms. The molecule has 0 spiro atoms. The second kappa shape index (κ2) is 3.09. The van der Waals surface area contributed by atoms with Crippen molar-refractivity contribution in [3.63, 3.8) is 0 Å². The molecule has 0 aromatic heterocycles. The lowest BCUT2D eigenvalue weighted by Crippen LogP contribution is -2.25. The van der Waals surface area contributed by atoms with E-state index in [9.17, 15) is 4.21 Å². The van der Waals surface area contributed by atoms with Gasteiger partial charge in [0.1, 0.15) is 6.23 Å². The Kier molecular flexibility index (Phi) is 3.10. The van der Waals surface area contributed by atoms with Crippen LogP contribution >= 0.6 is 0 Å². The van der Waals surface area contributed by atoms with E-state index in [0.717, 1.165) is 0 Å². The molecular formula is C2H7NO3S. The summed E-state index contributed by atoms with van der Waals surface area (Å²) >= 11 is -1.97. The van der Waals surface area contributed by atoms with Gasteiger partial charge in [0, 0.05) is 0 Å². The Bertz CT molecular complexity index is 73.3. The molecule has 0 amide bonds. The summed E-state index contributed by atoms with van der Waals surface area (Å²) < 4.78 is 17.6. The molecule has 0 aliphatic carbocycles. The van der Waals surface area contributed by atoms with Crippen molar-refractivity contribution in [1.82, 2.24) is 0 Å². The summed E-state index contributed by atoms with van der Waals surface area (Å²) in [6.45, 7) is 0. The van der Waals surface area contributed by atoms with Gasteiger partial charge in [0.15, 0.2) is 11.1 Å². The van der Waals surface area contributed by atoms with Crippen molar-refractivity contribution in [2.24, 2.45) is 5.73 Å². The molecule has 0 saturated carbocycles. The Hall–Kier alpha value is 0.0300. The lowest BCUT2D eigenvalue weighted by atomic mass is 10.7. The summed E-state index contributed by atoms with van der Waals surface area (Å²) in [6.07, 6.45) is -1.18. The zero-order valence-electron chi connectivity index (χ0n) is 3.57. The number of hydrogen-bond donors (Lipinski definition) is 3. The van der Waals surface area contributed by atoms with Crippen LogP contribution in [0.1, 0.15) is 0 Å². The lowest BCUT2D eigenvalue weighted by Gasteiger charge is -1.95. The van der Waals surface area contributed by atoms with Crippen LogP contribution in [0, 0.1) is 0 Å². The molecular weight excluding hydrogens is 118 g/mol. The van der Waals surface area contributed by atoms with Crippen molar-refractivity contribution in [2.45, 2.75) is 6.23 Å². The van der Waals surface area contributed by atoms with E-state index in [1.807, 2.05) is 0 Å². The molecule has 0 aromatic rings. The Labute approximate surface area is 43.6 Å². The van der Waals surface area contributed by atoms with Crippen LogP contribution in [0.5, 0.6) is 0 Å². The van der Waals surface area contributed by atoms with Crippen LogP contribution in [0.3, 0.4) is 0 Å². The van der Waals surface area contributed by atoms with Gasteiger partial charge in [0.2, 0.25) is 0 Å². The number of aliphatic hydroxyl groups excluding tert-OH is 1. The molecule has 0 radical (unpaired) electrons. The highest BCUT2D eigenvalue weighted by Crippen LogP contribution is 1.73. The number of rotatable bonds is 2. The van der Waals surface area contributed by atoms with Gasteiger partial charge in [-0.15, -0.1) is 0 Å². The lowest BCUT2D eigenvalue weighted by molar-refractivity contribution is 0.205. The average Bonchev–Trinajstić information content (AvgIpc) is 1.27. The monoisotopic (exact) mass is 125 g/mol. The van der Waals surface area contributed by atoms with Crippen molar-refractivity contribution < 1.29 is 13.9 Å². The largest absolute Gasteiger partial charge is 0.378 e. The summed E-state index contributed by atoms with van der Waals surface area (Å²) in [5.41, 5.74) is 4.70. The molecule has 4 nitrogen and oxygen atoms in total. The third-order valence-electron chi connectivity index (χ3n) is 0.313. The van der Waals surface area contributed by atoms with Gasteiger partial charge in [0.05, 0.1) is 5.75 Å². The molecule has 2 unspecified atom stereocenters. The van der Waals surface area contributed by atoms with Crippen molar-refractivity contribution in [3.8, 4) is 0 Å². The van der Waals surface area contributed by atoms with Crippen molar-refractivity contribution in [3.05, 3.63) is 0 Å². The topological polar surface area (TPSA) is 83.5 Å². The summed E-state index contributed by atoms with van der Waals surface area (Å²) in [4.78, 5) is 0. The van der Waals surface area contributed by atoms with Gasteiger partial charge in [-0.2, -0.15) is 0 Å². The predicted octanol–water partition coefficient (Wildman–Crippen LogP) is -1.51. The maximum atomic E-state index is 9.68. The molecule has 4 N–H and O–H groups in total.